The predicted octanol–water partition coefficient (Wildman–Crippen LogP) is 3.28. The van der Waals surface area contributed by atoms with Crippen LogP contribution < -0.4 is 9.47 Å². The standard InChI is InChI=1S/C15H12FNO2/c1-18-14-7-12(9-17)13(16)8-15(14)19-10-11-5-3-2-4-6-11/h2-8H,10H2,1H3. The van der Waals surface area contributed by atoms with E-state index in [9.17, 15) is 4.39 Å². The Hall–Kier alpha value is -2.54. The van der Waals surface area contributed by atoms with Crippen molar-refractivity contribution in [2.24, 2.45) is 0 Å². The number of nitriles is 1. The average Bonchev–Trinajstić information content (AvgIpc) is 2.46. The first-order chi connectivity index (χ1) is 9.24. The lowest BCUT2D eigenvalue weighted by Gasteiger charge is -2.11. The normalized spacial score (nSPS) is 9.74. The quantitative estimate of drug-likeness (QED) is 0.844. The van der Waals surface area contributed by atoms with E-state index in [2.05, 4.69) is 0 Å². The SMILES string of the molecule is COc1cc(C#N)c(F)cc1OCc1ccccc1. The number of halogens is 1. The topological polar surface area (TPSA) is 42.2 Å². The minimum Gasteiger partial charge on any atom is -0.493 e. The second-order valence-electron chi connectivity index (χ2n) is 3.87. The number of benzene rings is 2. The summed E-state index contributed by atoms with van der Waals surface area (Å²) >= 11 is 0. The van der Waals surface area contributed by atoms with Gasteiger partial charge in [0.05, 0.1) is 12.7 Å². The molecule has 0 spiro atoms. The van der Waals surface area contributed by atoms with Crippen molar-refractivity contribution in [1.29, 1.82) is 5.26 Å². The van der Waals surface area contributed by atoms with Gasteiger partial charge in [-0.2, -0.15) is 5.26 Å². The van der Waals surface area contributed by atoms with Gasteiger partial charge in [0.2, 0.25) is 0 Å². The van der Waals surface area contributed by atoms with Gasteiger partial charge < -0.3 is 9.47 Å². The molecular weight excluding hydrogens is 245 g/mol. The maximum absolute atomic E-state index is 13.5. The molecule has 0 heterocycles. The maximum atomic E-state index is 13.5. The van der Waals surface area contributed by atoms with Crippen LogP contribution in [0.5, 0.6) is 11.5 Å². The lowest BCUT2D eigenvalue weighted by atomic mass is 10.2. The molecule has 2 rings (SSSR count). The van der Waals surface area contributed by atoms with Crippen LogP contribution in [0.4, 0.5) is 4.39 Å². The fourth-order valence-electron chi connectivity index (χ4n) is 1.63. The number of hydrogen-bond acceptors (Lipinski definition) is 3. The monoisotopic (exact) mass is 257 g/mol. The fraction of sp³-hybridized carbons (Fsp3) is 0.133. The molecule has 0 aliphatic rings. The highest BCUT2D eigenvalue weighted by Gasteiger charge is 2.11. The zero-order valence-electron chi connectivity index (χ0n) is 10.4. The van der Waals surface area contributed by atoms with E-state index in [0.29, 0.717) is 12.4 Å². The third-order valence-electron chi connectivity index (χ3n) is 2.61. The molecule has 0 unspecified atom stereocenters. The number of rotatable bonds is 4. The summed E-state index contributed by atoms with van der Waals surface area (Å²) in [4.78, 5) is 0. The minimum absolute atomic E-state index is 0.0658. The Bertz CT molecular complexity index is 606. The lowest BCUT2D eigenvalue weighted by molar-refractivity contribution is 0.282. The van der Waals surface area contributed by atoms with E-state index in [1.165, 1.54) is 19.2 Å². The van der Waals surface area contributed by atoms with Crippen LogP contribution in [-0.2, 0) is 6.61 Å². The van der Waals surface area contributed by atoms with Crippen molar-refractivity contribution in [3.63, 3.8) is 0 Å². The summed E-state index contributed by atoms with van der Waals surface area (Å²) < 4.78 is 24.1. The first-order valence-corrected chi connectivity index (χ1v) is 5.69. The summed E-state index contributed by atoms with van der Waals surface area (Å²) in [5.74, 6) is 0.00287. The van der Waals surface area contributed by atoms with E-state index < -0.39 is 5.82 Å². The maximum Gasteiger partial charge on any atom is 0.164 e. The summed E-state index contributed by atoms with van der Waals surface area (Å²) in [6.07, 6.45) is 0. The Morgan fingerprint density at radius 3 is 2.53 bits per heavy atom. The molecule has 19 heavy (non-hydrogen) atoms. The molecule has 0 N–H and O–H groups in total. The first kappa shape index (κ1) is 12.9. The summed E-state index contributed by atoms with van der Waals surface area (Å²) in [5, 5.41) is 8.75. The van der Waals surface area contributed by atoms with Gasteiger partial charge in [-0.05, 0) is 5.56 Å². The van der Waals surface area contributed by atoms with Crippen molar-refractivity contribution in [2.45, 2.75) is 6.61 Å². The number of methoxy groups -OCH3 is 1. The van der Waals surface area contributed by atoms with E-state index >= 15 is 0 Å². The summed E-state index contributed by atoms with van der Waals surface area (Å²) in [5.41, 5.74) is 0.901. The molecule has 4 heteroatoms. The van der Waals surface area contributed by atoms with Crippen molar-refractivity contribution >= 4 is 0 Å². The molecule has 2 aromatic carbocycles. The number of nitrogens with zero attached hydrogens (tertiary/aromatic N) is 1. The average molecular weight is 257 g/mol. The van der Waals surface area contributed by atoms with Crippen LogP contribution in [0.1, 0.15) is 11.1 Å². The van der Waals surface area contributed by atoms with Crippen molar-refractivity contribution in [3.8, 4) is 17.6 Å². The zero-order valence-corrected chi connectivity index (χ0v) is 10.4. The molecule has 0 aliphatic heterocycles. The van der Waals surface area contributed by atoms with Gasteiger partial charge in [0, 0.05) is 12.1 Å². The molecular formula is C15H12FNO2. The Morgan fingerprint density at radius 2 is 1.89 bits per heavy atom. The van der Waals surface area contributed by atoms with Gasteiger partial charge in [-0.25, -0.2) is 4.39 Å². The van der Waals surface area contributed by atoms with Crippen LogP contribution in [0.25, 0.3) is 0 Å². The summed E-state index contributed by atoms with van der Waals surface area (Å²) in [6.45, 7) is 0.308. The van der Waals surface area contributed by atoms with Crippen LogP contribution >= 0.6 is 0 Å². The smallest absolute Gasteiger partial charge is 0.164 e. The van der Waals surface area contributed by atoms with Gasteiger partial charge >= 0.3 is 0 Å². The molecule has 96 valence electrons. The van der Waals surface area contributed by atoms with Gasteiger partial charge in [-0.15, -0.1) is 0 Å². The van der Waals surface area contributed by atoms with E-state index in [-0.39, 0.29) is 11.3 Å². The van der Waals surface area contributed by atoms with Gasteiger partial charge in [0.25, 0.3) is 0 Å². The summed E-state index contributed by atoms with van der Waals surface area (Å²) in [6, 6.07) is 13.8. The van der Waals surface area contributed by atoms with Crippen molar-refractivity contribution < 1.29 is 13.9 Å². The molecule has 0 fully saturated rings. The molecule has 0 saturated carbocycles. The molecule has 0 radical (unpaired) electrons. The van der Waals surface area contributed by atoms with Gasteiger partial charge in [-0.1, -0.05) is 30.3 Å². The van der Waals surface area contributed by atoms with Crippen LogP contribution in [0.3, 0.4) is 0 Å². The Morgan fingerprint density at radius 1 is 1.16 bits per heavy atom. The van der Waals surface area contributed by atoms with Crippen LogP contribution in [0, 0.1) is 17.1 Å². The predicted molar refractivity (Wildman–Crippen MR) is 68.4 cm³/mol. The first-order valence-electron chi connectivity index (χ1n) is 5.69. The molecule has 0 atom stereocenters. The number of ether oxygens (including phenoxy) is 2. The second kappa shape index (κ2) is 5.87. The third kappa shape index (κ3) is 3.02. The van der Waals surface area contributed by atoms with Gasteiger partial charge in [0.1, 0.15) is 18.5 Å². The van der Waals surface area contributed by atoms with Crippen molar-refractivity contribution in [2.75, 3.05) is 7.11 Å². The van der Waals surface area contributed by atoms with Gasteiger partial charge in [0.15, 0.2) is 11.5 Å². The molecule has 2 aromatic rings. The molecule has 3 nitrogen and oxygen atoms in total. The second-order valence-corrected chi connectivity index (χ2v) is 3.87. The minimum atomic E-state index is -0.619. The highest BCUT2D eigenvalue weighted by Crippen LogP contribution is 2.30. The highest BCUT2D eigenvalue weighted by atomic mass is 19.1. The third-order valence-corrected chi connectivity index (χ3v) is 2.61. The van der Waals surface area contributed by atoms with Crippen LogP contribution in [0.2, 0.25) is 0 Å². The molecule has 0 aliphatic carbocycles. The van der Waals surface area contributed by atoms with E-state index in [0.717, 1.165) is 5.56 Å². The largest absolute Gasteiger partial charge is 0.493 e. The number of hydrogen-bond donors (Lipinski definition) is 0. The fourth-order valence-corrected chi connectivity index (χ4v) is 1.63. The zero-order chi connectivity index (χ0) is 13.7. The van der Waals surface area contributed by atoms with E-state index in [4.69, 9.17) is 14.7 Å². The van der Waals surface area contributed by atoms with Crippen molar-refractivity contribution in [3.05, 3.63) is 59.4 Å². The highest BCUT2D eigenvalue weighted by molar-refractivity contribution is 5.47. The molecule has 0 bridgehead atoms. The molecule has 0 amide bonds. The van der Waals surface area contributed by atoms with Gasteiger partial charge in [-0.3, -0.25) is 0 Å². The van der Waals surface area contributed by atoms with Crippen molar-refractivity contribution in [1.82, 2.24) is 0 Å². The molecule has 0 aromatic heterocycles. The van der Waals surface area contributed by atoms with Crippen LogP contribution in [-0.4, -0.2) is 7.11 Å². The van der Waals surface area contributed by atoms with E-state index in [1.807, 2.05) is 30.3 Å². The lowest BCUT2D eigenvalue weighted by Crippen LogP contribution is -1.99. The van der Waals surface area contributed by atoms with E-state index in [1.54, 1.807) is 6.07 Å². The molecule has 0 saturated heterocycles. The summed E-state index contributed by atoms with van der Waals surface area (Å²) in [7, 11) is 1.45. The Labute approximate surface area is 110 Å². The van der Waals surface area contributed by atoms with Crippen LogP contribution in [0.15, 0.2) is 42.5 Å². The Kier molecular flexibility index (Phi) is 3.99. The Balaban J connectivity index is 2.21.